The average Bonchev–Trinajstić information content (AvgIpc) is 2.93. The van der Waals surface area contributed by atoms with Gasteiger partial charge in [-0.1, -0.05) is 0 Å². The van der Waals surface area contributed by atoms with Crippen molar-refractivity contribution in [1.29, 1.82) is 0 Å². The number of nitrogens with zero attached hydrogens (tertiary/aromatic N) is 2. The number of amides is 1. The van der Waals surface area contributed by atoms with Crippen LogP contribution in [0.15, 0.2) is 28.8 Å². The highest BCUT2D eigenvalue weighted by atomic mass is 16.3. The number of carbonyl (C=O) groups excluding carboxylic acids is 1. The predicted octanol–water partition coefficient (Wildman–Crippen LogP) is 1.69. The minimum Gasteiger partial charge on any atom is -0.441 e. The lowest BCUT2D eigenvalue weighted by molar-refractivity contribution is 0.102. The Kier molecular flexibility index (Phi) is 2.45. The van der Waals surface area contributed by atoms with Crippen molar-refractivity contribution in [1.82, 2.24) is 15.2 Å². The van der Waals surface area contributed by atoms with Crippen molar-refractivity contribution in [2.24, 2.45) is 0 Å². The zero-order chi connectivity index (χ0) is 13.4. The van der Waals surface area contributed by atoms with Crippen LogP contribution in [0, 0.1) is 6.92 Å². The van der Waals surface area contributed by atoms with Crippen molar-refractivity contribution in [3.63, 3.8) is 0 Å². The highest BCUT2D eigenvalue weighted by Gasteiger charge is 2.12. The molecular formula is C12H11N5O2. The van der Waals surface area contributed by atoms with Crippen molar-refractivity contribution in [3.8, 4) is 0 Å². The summed E-state index contributed by atoms with van der Waals surface area (Å²) in [7, 11) is 0. The number of hydrogen-bond donors (Lipinski definition) is 3. The van der Waals surface area contributed by atoms with Gasteiger partial charge in [0.2, 0.25) is 0 Å². The number of nitrogens with one attached hydrogen (secondary N) is 2. The van der Waals surface area contributed by atoms with Crippen LogP contribution < -0.4 is 11.1 Å². The Hall–Kier alpha value is -2.83. The first-order valence-electron chi connectivity index (χ1n) is 5.61. The van der Waals surface area contributed by atoms with E-state index >= 15 is 0 Å². The summed E-state index contributed by atoms with van der Waals surface area (Å²) in [5.74, 6) is 0.228. The zero-order valence-electron chi connectivity index (χ0n) is 10.1. The van der Waals surface area contributed by atoms with Gasteiger partial charge in [-0.25, -0.2) is 4.98 Å². The number of fused-ring (bicyclic) bond motifs is 1. The van der Waals surface area contributed by atoms with Crippen molar-refractivity contribution < 1.29 is 9.21 Å². The Morgan fingerprint density at radius 2 is 2.32 bits per heavy atom. The van der Waals surface area contributed by atoms with Crippen LogP contribution >= 0.6 is 0 Å². The minimum absolute atomic E-state index is 0.233. The van der Waals surface area contributed by atoms with Gasteiger partial charge in [0.05, 0.1) is 11.9 Å². The molecule has 0 unspecified atom stereocenters. The van der Waals surface area contributed by atoms with E-state index in [4.69, 9.17) is 10.2 Å². The largest absolute Gasteiger partial charge is 0.441 e. The van der Waals surface area contributed by atoms with Crippen LogP contribution in [0.25, 0.3) is 11.1 Å². The molecule has 2 aromatic heterocycles. The Morgan fingerprint density at radius 3 is 3.05 bits per heavy atom. The molecule has 0 fully saturated rings. The normalized spacial score (nSPS) is 10.8. The minimum atomic E-state index is -0.352. The molecule has 0 aliphatic carbocycles. The molecule has 19 heavy (non-hydrogen) atoms. The summed E-state index contributed by atoms with van der Waals surface area (Å²) in [6.45, 7) is 1.77. The summed E-state index contributed by atoms with van der Waals surface area (Å²) >= 11 is 0. The first-order chi connectivity index (χ1) is 9.13. The summed E-state index contributed by atoms with van der Waals surface area (Å²) in [6.07, 6.45) is 1.39. The molecular weight excluding hydrogens is 246 g/mol. The van der Waals surface area contributed by atoms with Gasteiger partial charge in [-0.3, -0.25) is 9.89 Å². The number of nitrogen functional groups attached to an aromatic ring is 1. The fourth-order valence-electron chi connectivity index (χ4n) is 1.79. The number of aryl methyl sites for hydroxylation is 1. The van der Waals surface area contributed by atoms with Gasteiger partial charge in [0, 0.05) is 12.6 Å². The maximum absolute atomic E-state index is 11.9. The molecule has 7 nitrogen and oxygen atoms in total. The van der Waals surface area contributed by atoms with Gasteiger partial charge in [0.15, 0.2) is 11.5 Å². The number of carbonyl (C=O) groups is 1. The molecule has 3 aromatic rings. The number of oxazole rings is 1. The molecule has 1 aromatic carbocycles. The average molecular weight is 257 g/mol. The van der Waals surface area contributed by atoms with E-state index in [2.05, 4.69) is 20.5 Å². The fraction of sp³-hybridized carbons (Fsp3) is 0.0833. The third kappa shape index (κ3) is 2.01. The van der Waals surface area contributed by atoms with Gasteiger partial charge < -0.3 is 15.5 Å². The molecule has 2 heterocycles. The Balaban J connectivity index is 1.89. The van der Waals surface area contributed by atoms with Gasteiger partial charge in [-0.05, 0) is 18.2 Å². The van der Waals surface area contributed by atoms with Crippen LogP contribution in [0.4, 0.5) is 11.4 Å². The van der Waals surface area contributed by atoms with E-state index in [-0.39, 0.29) is 11.6 Å². The number of rotatable bonds is 2. The van der Waals surface area contributed by atoms with E-state index in [1.54, 1.807) is 25.1 Å². The SMILES string of the molecule is Cc1nc2cc(NC(=O)c3[nH]ncc3N)ccc2o1. The van der Waals surface area contributed by atoms with Crippen LogP contribution in [-0.4, -0.2) is 21.1 Å². The molecule has 0 radical (unpaired) electrons. The van der Waals surface area contributed by atoms with Gasteiger partial charge >= 0.3 is 0 Å². The number of nitrogens with two attached hydrogens (primary N) is 1. The van der Waals surface area contributed by atoms with E-state index in [0.717, 1.165) is 0 Å². The molecule has 0 aliphatic heterocycles. The van der Waals surface area contributed by atoms with Crippen molar-refractivity contribution in [3.05, 3.63) is 36.0 Å². The highest BCUT2D eigenvalue weighted by Crippen LogP contribution is 2.20. The Bertz CT molecular complexity index is 758. The zero-order valence-corrected chi connectivity index (χ0v) is 10.1. The maximum atomic E-state index is 11.9. The first kappa shape index (κ1) is 11.3. The van der Waals surface area contributed by atoms with Crippen LogP contribution in [0.3, 0.4) is 0 Å². The molecule has 0 aliphatic rings. The molecule has 1 amide bonds. The summed E-state index contributed by atoms with van der Waals surface area (Å²) in [6, 6.07) is 5.22. The number of aromatic nitrogens is 3. The standard InChI is InChI=1S/C12H11N5O2/c1-6-15-9-4-7(2-3-10(9)19-6)16-12(18)11-8(13)5-14-17-11/h2-5H,13H2,1H3,(H,14,17)(H,16,18). The van der Waals surface area contributed by atoms with Crippen LogP contribution in [0.2, 0.25) is 0 Å². The molecule has 0 bridgehead atoms. The smallest absolute Gasteiger partial charge is 0.275 e. The quantitative estimate of drug-likeness (QED) is 0.647. The Morgan fingerprint density at radius 1 is 1.47 bits per heavy atom. The van der Waals surface area contributed by atoms with Crippen molar-refractivity contribution in [2.45, 2.75) is 6.92 Å². The monoisotopic (exact) mass is 257 g/mol. The molecule has 0 atom stereocenters. The second-order valence-electron chi connectivity index (χ2n) is 4.07. The van der Waals surface area contributed by atoms with Crippen LogP contribution in [0.5, 0.6) is 0 Å². The second kappa shape index (κ2) is 4.13. The van der Waals surface area contributed by atoms with Crippen LogP contribution in [-0.2, 0) is 0 Å². The van der Waals surface area contributed by atoms with E-state index in [1.807, 2.05) is 0 Å². The van der Waals surface area contributed by atoms with Gasteiger partial charge in [-0.15, -0.1) is 0 Å². The first-order valence-corrected chi connectivity index (χ1v) is 5.61. The van der Waals surface area contributed by atoms with Gasteiger partial charge in [0.1, 0.15) is 11.2 Å². The second-order valence-corrected chi connectivity index (χ2v) is 4.07. The van der Waals surface area contributed by atoms with Gasteiger partial charge in [0.25, 0.3) is 5.91 Å². The molecule has 7 heteroatoms. The summed E-state index contributed by atoms with van der Waals surface area (Å²) in [5.41, 5.74) is 8.12. The molecule has 0 saturated carbocycles. The third-order valence-corrected chi connectivity index (χ3v) is 2.65. The van der Waals surface area contributed by atoms with Crippen molar-refractivity contribution >= 4 is 28.4 Å². The third-order valence-electron chi connectivity index (χ3n) is 2.65. The lowest BCUT2D eigenvalue weighted by atomic mass is 10.2. The van der Waals surface area contributed by atoms with E-state index in [1.165, 1.54) is 6.20 Å². The van der Waals surface area contributed by atoms with E-state index < -0.39 is 0 Å². The number of benzene rings is 1. The summed E-state index contributed by atoms with van der Waals surface area (Å²) < 4.78 is 5.36. The molecule has 3 rings (SSSR count). The number of hydrogen-bond acceptors (Lipinski definition) is 5. The fourth-order valence-corrected chi connectivity index (χ4v) is 1.79. The molecule has 0 spiro atoms. The van der Waals surface area contributed by atoms with Gasteiger partial charge in [-0.2, -0.15) is 5.10 Å². The Labute approximate surface area is 107 Å². The molecule has 0 saturated heterocycles. The maximum Gasteiger partial charge on any atom is 0.275 e. The lowest BCUT2D eigenvalue weighted by Crippen LogP contribution is -2.14. The summed E-state index contributed by atoms with van der Waals surface area (Å²) in [5, 5.41) is 8.96. The van der Waals surface area contributed by atoms with Crippen molar-refractivity contribution in [2.75, 3.05) is 11.1 Å². The van der Waals surface area contributed by atoms with E-state index in [0.29, 0.717) is 28.4 Å². The summed E-state index contributed by atoms with van der Waals surface area (Å²) in [4.78, 5) is 16.1. The predicted molar refractivity (Wildman–Crippen MR) is 69.7 cm³/mol. The molecule has 4 N–H and O–H groups in total. The number of aromatic amines is 1. The van der Waals surface area contributed by atoms with Crippen LogP contribution in [0.1, 0.15) is 16.4 Å². The van der Waals surface area contributed by atoms with E-state index in [9.17, 15) is 4.79 Å². The molecule has 96 valence electrons. The topological polar surface area (TPSA) is 110 Å². The number of H-pyrrole nitrogens is 1. The lowest BCUT2D eigenvalue weighted by Gasteiger charge is -2.03. The number of anilines is 2. The highest BCUT2D eigenvalue weighted by molar-refractivity contribution is 6.06.